The summed E-state index contributed by atoms with van der Waals surface area (Å²) in [6, 6.07) is 15.5. The van der Waals surface area contributed by atoms with Gasteiger partial charge >= 0.3 is 0 Å². The van der Waals surface area contributed by atoms with Gasteiger partial charge in [0, 0.05) is 29.3 Å². The quantitative estimate of drug-likeness (QED) is 0.432. The third kappa shape index (κ3) is 3.57. The Morgan fingerprint density at radius 2 is 1.84 bits per heavy atom. The van der Waals surface area contributed by atoms with Gasteiger partial charge in [-0.2, -0.15) is 0 Å². The van der Waals surface area contributed by atoms with Crippen molar-refractivity contribution < 1.29 is 13.6 Å². The van der Waals surface area contributed by atoms with Crippen LogP contribution in [0.15, 0.2) is 84.1 Å². The van der Waals surface area contributed by atoms with E-state index >= 15 is 0 Å². The molecule has 0 aliphatic heterocycles. The number of pyridine rings is 2. The smallest absolute Gasteiger partial charge is 0.257 e. The molecule has 7 heteroatoms. The van der Waals surface area contributed by atoms with Crippen LogP contribution in [0.2, 0.25) is 0 Å². The minimum absolute atomic E-state index is 0.268. The number of aromatic nitrogens is 3. The zero-order valence-electron chi connectivity index (χ0n) is 16.5. The molecule has 0 atom stereocenters. The number of amides is 1. The van der Waals surface area contributed by atoms with E-state index in [2.05, 4.69) is 15.3 Å². The van der Waals surface area contributed by atoms with Crippen LogP contribution < -0.4 is 5.32 Å². The van der Waals surface area contributed by atoms with Crippen molar-refractivity contribution in [1.29, 1.82) is 0 Å². The van der Waals surface area contributed by atoms with Crippen LogP contribution in [-0.2, 0) is 0 Å². The van der Waals surface area contributed by atoms with Gasteiger partial charge in [-0.3, -0.25) is 9.78 Å². The fourth-order valence-corrected chi connectivity index (χ4v) is 3.57. The van der Waals surface area contributed by atoms with Crippen LogP contribution in [0.4, 0.5) is 10.1 Å². The maximum Gasteiger partial charge on any atom is 0.257 e. The zero-order chi connectivity index (χ0) is 21.4. The summed E-state index contributed by atoms with van der Waals surface area (Å²) in [5, 5.41) is 2.92. The second-order valence-electron chi connectivity index (χ2n) is 7.14. The van der Waals surface area contributed by atoms with Crippen LogP contribution >= 0.6 is 0 Å². The molecule has 1 aromatic carbocycles. The first kappa shape index (κ1) is 18.7. The van der Waals surface area contributed by atoms with Gasteiger partial charge in [-0.15, -0.1) is 0 Å². The Morgan fingerprint density at radius 1 is 1.03 bits per heavy atom. The molecule has 1 N–H and O–H groups in total. The minimum Gasteiger partial charge on any atom is -0.451 e. The summed E-state index contributed by atoms with van der Waals surface area (Å²) in [6.45, 7) is 1.86. The number of anilines is 1. The molecule has 0 spiro atoms. The highest BCUT2D eigenvalue weighted by Gasteiger charge is 2.21. The van der Waals surface area contributed by atoms with Crippen molar-refractivity contribution in [2.45, 2.75) is 6.92 Å². The molecule has 5 rings (SSSR count). The van der Waals surface area contributed by atoms with E-state index in [9.17, 15) is 9.18 Å². The van der Waals surface area contributed by atoms with Crippen molar-refractivity contribution in [3.05, 3.63) is 96.7 Å². The summed E-state index contributed by atoms with van der Waals surface area (Å²) in [6.07, 6.45) is 6.38. The van der Waals surface area contributed by atoms with Crippen molar-refractivity contribution in [3.8, 4) is 22.5 Å². The first-order valence-corrected chi connectivity index (χ1v) is 9.62. The number of benzene rings is 1. The lowest BCUT2D eigenvalue weighted by atomic mass is 10.1. The molecule has 152 valence electrons. The van der Waals surface area contributed by atoms with Crippen molar-refractivity contribution in [2.75, 3.05) is 5.32 Å². The molecule has 6 nitrogen and oxygen atoms in total. The van der Waals surface area contributed by atoms with Crippen molar-refractivity contribution in [2.24, 2.45) is 0 Å². The van der Waals surface area contributed by atoms with E-state index in [1.165, 1.54) is 24.8 Å². The number of carbonyl (C=O) groups excluding carboxylic acids is 1. The highest BCUT2D eigenvalue weighted by Crippen LogP contribution is 2.30. The maximum atomic E-state index is 13.3. The normalized spacial score (nSPS) is 11.0. The SMILES string of the molecule is Cc1cc(NC(=O)c2cc3ccc(-c4ccc(F)cc4)cn3c2-c2cocn2)ccn1. The molecular formula is C24H17FN4O2. The van der Waals surface area contributed by atoms with E-state index < -0.39 is 0 Å². The number of rotatable bonds is 4. The predicted octanol–water partition coefficient (Wildman–Crippen LogP) is 5.36. The summed E-state index contributed by atoms with van der Waals surface area (Å²) in [5.41, 5.74) is 5.63. The maximum absolute atomic E-state index is 13.3. The molecule has 0 fully saturated rings. The minimum atomic E-state index is -0.292. The van der Waals surface area contributed by atoms with Crippen LogP contribution in [0.25, 0.3) is 28.0 Å². The predicted molar refractivity (Wildman–Crippen MR) is 115 cm³/mol. The molecule has 0 unspecified atom stereocenters. The molecule has 0 aliphatic rings. The van der Waals surface area contributed by atoms with Crippen LogP contribution in [0.1, 0.15) is 16.1 Å². The number of fused-ring (bicyclic) bond motifs is 1. The Morgan fingerprint density at radius 3 is 2.58 bits per heavy atom. The van der Waals surface area contributed by atoms with Crippen LogP contribution in [0.3, 0.4) is 0 Å². The Kier molecular flexibility index (Phi) is 4.55. The van der Waals surface area contributed by atoms with E-state index in [-0.39, 0.29) is 11.7 Å². The molecular weight excluding hydrogens is 395 g/mol. The zero-order valence-corrected chi connectivity index (χ0v) is 16.5. The van der Waals surface area contributed by atoms with E-state index in [0.717, 1.165) is 22.3 Å². The van der Waals surface area contributed by atoms with Gasteiger partial charge in [0.1, 0.15) is 17.8 Å². The number of hydrogen-bond acceptors (Lipinski definition) is 4. The number of halogens is 1. The molecule has 4 aromatic heterocycles. The highest BCUT2D eigenvalue weighted by atomic mass is 19.1. The van der Waals surface area contributed by atoms with Crippen LogP contribution in [0.5, 0.6) is 0 Å². The third-order valence-electron chi connectivity index (χ3n) is 5.02. The Bertz CT molecular complexity index is 1390. The van der Waals surface area contributed by atoms with Gasteiger partial charge in [0.15, 0.2) is 6.39 Å². The first-order chi connectivity index (χ1) is 15.1. The van der Waals surface area contributed by atoms with Crippen LogP contribution in [-0.4, -0.2) is 20.3 Å². The molecule has 1 amide bonds. The highest BCUT2D eigenvalue weighted by molar-refractivity contribution is 6.09. The summed E-state index contributed by atoms with van der Waals surface area (Å²) >= 11 is 0. The average molecular weight is 412 g/mol. The van der Waals surface area contributed by atoms with Gasteiger partial charge in [0.05, 0.1) is 11.3 Å². The number of nitrogens with one attached hydrogen (secondary N) is 1. The molecule has 4 heterocycles. The molecule has 5 aromatic rings. The summed E-state index contributed by atoms with van der Waals surface area (Å²) in [7, 11) is 0. The number of nitrogens with zero attached hydrogens (tertiary/aromatic N) is 3. The van der Waals surface area contributed by atoms with Crippen molar-refractivity contribution in [3.63, 3.8) is 0 Å². The monoisotopic (exact) mass is 412 g/mol. The topological polar surface area (TPSA) is 72.4 Å². The number of oxazole rings is 1. The molecule has 0 aliphatic carbocycles. The molecule has 0 saturated heterocycles. The number of hydrogen-bond donors (Lipinski definition) is 1. The average Bonchev–Trinajstić information content (AvgIpc) is 3.41. The second-order valence-corrected chi connectivity index (χ2v) is 7.14. The lowest BCUT2D eigenvalue weighted by Gasteiger charge is -2.08. The van der Waals surface area contributed by atoms with Gasteiger partial charge < -0.3 is 14.1 Å². The Labute approximate surface area is 177 Å². The third-order valence-corrected chi connectivity index (χ3v) is 5.02. The largest absolute Gasteiger partial charge is 0.451 e. The summed E-state index contributed by atoms with van der Waals surface area (Å²) < 4.78 is 20.4. The van der Waals surface area contributed by atoms with Gasteiger partial charge in [0.2, 0.25) is 0 Å². The van der Waals surface area contributed by atoms with E-state index in [1.807, 2.05) is 35.7 Å². The number of carbonyl (C=O) groups is 1. The lowest BCUT2D eigenvalue weighted by Crippen LogP contribution is -2.12. The lowest BCUT2D eigenvalue weighted by molar-refractivity contribution is 0.102. The molecule has 0 radical (unpaired) electrons. The van der Waals surface area contributed by atoms with Crippen molar-refractivity contribution in [1.82, 2.24) is 14.4 Å². The Balaban J connectivity index is 1.63. The van der Waals surface area contributed by atoms with Crippen LogP contribution in [0, 0.1) is 12.7 Å². The second kappa shape index (κ2) is 7.53. The van der Waals surface area contributed by atoms with Gasteiger partial charge in [-0.1, -0.05) is 18.2 Å². The van der Waals surface area contributed by atoms with E-state index in [4.69, 9.17) is 4.42 Å². The summed E-state index contributed by atoms with van der Waals surface area (Å²) in [4.78, 5) is 21.6. The standard InChI is InChI=1S/C24H17FN4O2/c1-15-10-19(8-9-26-15)28-24(30)21-11-20-7-4-17(16-2-5-18(25)6-3-16)12-29(20)23(21)22-13-31-14-27-22/h2-14H,1H3,(H,26,28,30). The first-order valence-electron chi connectivity index (χ1n) is 9.62. The molecule has 0 bridgehead atoms. The molecule has 31 heavy (non-hydrogen) atoms. The fraction of sp³-hybridized carbons (Fsp3) is 0.0417. The summed E-state index contributed by atoms with van der Waals surface area (Å²) in [5.74, 6) is -0.560. The van der Waals surface area contributed by atoms with Crippen molar-refractivity contribution >= 4 is 17.1 Å². The van der Waals surface area contributed by atoms with Gasteiger partial charge in [-0.25, -0.2) is 9.37 Å². The van der Waals surface area contributed by atoms with Gasteiger partial charge in [-0.05, 0) is 54.4 Å². The molecule has 0 saturated carbocycles. The Hall–Kier alpha value is -4.26. The van der Waals surface area contributed by atoms with Gasteiger partial charge in [0.25, 0.3) is 5.91 Å². The van der Waals surface area contributed by atoms with E-state index in [1.54, 1.807) is 30.5 Å². The fourth-order valence-electron chi connectivity index (χ4n) is 3.57. The van der Waals surface area contributed by atoms with E-state index in [0.29, 0.717) is 22.6 Å². The number of aryl methyl sites for hydroxylation is 1.